The summed E-state index contributed by atoms with van der Waals surface area (Å²) in [4.78, 5) is 39.6. The highest BCUT2D eigenvalue weighted by Gasteiger charge is 2.40. The molecule has 0 radical (unpaired) electrons. The Bertz CT molecular complexity index is 848. The molecule has 0 unspecified atom stereocenters. The van der Waals surface area contributed by atoms with Crippen LogP contribution in [0.5, 0.6) is 0 Å². The van der Waals surface area contributed by atoms with Gasteiger partial charge in [-0.2, -0.15) is 0 Å². The maximum absolute atomic E-state index is 12.9. The Morgan fingerprint density at radius 1 is 1.21 bits per heavy atom. The summed E-state index contributed by atoms with van der Waals surface area (Å²) < 4.78 is 5.18. The summed E-state index contributed by atoms with van der Waals surface area (Å²) in [6.07, 6.45) is 4.14. The molecule has 0 N–H and O–H groups in total. The van der Waals surface area contributed by atoms with Crippen molar-refractivity contribution in [1.29, 1.82) is 0 Å². The van der Waals surface area contributed by atoms with Crippen molar-refractivity contribution in [3.63, 3.8) is 0 Å². The summed E-state index contributed by atoms with van der Waals surface area (Å²) in [5.41, 5.74) is 0.627. The lowest BCUT2D eigenvalue weighted by molar-refractivity contribution is -0.132. The lowest BCUT2D eigenvalue weighted by Gasteiger charge is -2.38. The van der Waals surface area contributed by atoms with Crippen molar-refractivity contribution in [3.05, 3.63) is 55.8 Å². The van der Waals surface area contributed by atoms with Crippen molar-refractivity contribution < 1.29 is 14.0 Å². The fourth-order valence-electron chi connectivity index (χ4n) is 3.36. The van der Waals surface area contributed by atoms with Crippen LogP contribution >= 0.6 is 11.3 Å². The topological polar surface area (TPSA) is 67.6 Å². The molecule has 1 fully saturated rings. The van der Waals surface area contributed by atoms with E-state index in [9.17, 15) is 14.4 Å². The lowest BCUT2D eigenvalue weighted by Crippen LogP contribution is -2.51. The zero-order chi connectivity index (χ0) is 16.7. The average molecular weight is 343 g/mol. The van der Waals surface area contributed by atoms with Gasteiger partial charge in [0.2, 0.25) is 5.91 Å². The van der Waals surface area contributed by atoms with E-state index in [1.165, 1.54) is 15.8 Å². The minimum absolute atomic E-state index is 0.000342. The quantitative estimate of drug-likeness (QED) is 0.800. The number of aryl methyl sites for hydroxylation is 2. The van der Waals surface area contributed by atoms with E-state index in [0.29, 0.717) is 17.5 Å². The summed E-state index contributed by atoms with van der Waals surface area (Å²) in [6, 6.07) is 5.43. The van der Waals surface area contributed by atoms with Crippen molar-refractivity contribution in [2.45, 2.75) is 44.6 Å². The van der Waals surface area contributed by atoms with Gasteiger partial charge in [0.15, 0.2) is 0 Å². The van der Waals surface area contributed by atoms with Crippen LogP contribution in [0.1, 0.15) is 45.8 Å². The molecule has 0 spiro atoms. The van der Waals surface area contributed by atoms with Gasteiger partial charge in [0.05, 0.1) is 12.0 Å². The smallest absolute Gasteiger partial charge is 0.336 e. The largest absolute Gasteiger partial charge is 0.426 e. The monoisotopic (exact) mass is 343 g/mol. The third-order valence-electron chi connectivity index (χ3n) is 4.79. The second-order valence-electron chi connectivity index (χ2n) is 6.30. The number of imide groups is 1. The first kappa shape index (κ1) is 15.3. The zero-order valence-electron chi connectivity index (χ0n) is 13.1. The molecule has 2 aromatic heterocycles. The highest BCUT2D eigenvalue weighted by atomic mass is 32.1. The molecule has 3 heterocycles. The van der Waals surface area contributed by atoms with E-state index in [-0.39, 0.29) is 30.0 Å². The number of hydrogen-bond donors (Lipinski definition) is 0. The first-order valence-corrected chi connectivity index (χ1v) is 9.06. The van der Waals surface area contributed by atoms with Gasteiger partial charge in [-0.1, -0.05) is 6.07 Å². The van der Waals surface area contributed by atoms with Crippen LogP contribution in [0.15, 0.2) is 32.8 Å². The highest BCUT2D eigenvalue weighted by molar-refractivity contribution is 7.09. The van der Waals surface area contributed by atoms with Crippen LogP contribution in [0.2, 0.25) is 0 Å². The van der Waals surface area contributed by atoms with Gasteiger partial charge in [-0.25, -0.2) is 4.79 Å². The molecule has 0 saturated heterocycles. The molecule has 1 aliphatic carbocycles. The van der Waals surface area contributed by atoms with Crippen LogP contribution in [0.3, 0.4) is 0 Å². The molecule has 0 bridgehead atoms. The van der Waals surface area contributed by atoms with Crippen LogP contribution in [0, 0.1) is 0 Å². The number of carbonyl (C=O) groups is 2. The second kappa shape index (κ2) is 6.02. The van der Waals surface area contributed by atoms with E-state index >= 15 is 0 Å². The number of rotatable bonds is 4. The van der Waals surface area contributed by atoms with Crippen LogP contribution in [-0.4, -0.2) is 22.8 Å². The van der Waals surface area contributed by atoms with E-state index in [2.05, 4.69) is 0 Å². The molecule has 4 rings (SSSR count). The zero-order valence-corrected chi connectivity index (χ0v) is 13.9. The summed E-state index contributed by atoms with van der Waals surface area (Å²) in [7, 11) is 0. The number of thiophene rings is 1. The third-order valence-corrected chi connectivity index (χ3v) is 5.73. The third kappa shape index (κ3) is 2.60. The van der Waals surface area contributed by atoms with Crippen LogP contribution in [0.4, 0.5) is 0 Å². The molecule has 0 atom stereocenters. The molecule has 5 nitrogen and oxygen atoms in total. The Labute approximate surface area is 142 Å². The van der Waals surface area contributed by atoms with Crippen molar-refractivity contribution >= 4 is 23.2 Å². The molecule has 2 aromatic rings. The van der Waals surface area contributed by atoms with E-state index < -0.39 is 5.63 Å². The summed E-state index contributed by atoms with van der Waals surface area (Å²) in [5, 5.41) is 2.01. The number of nitrogens with zero attached hydrogens (tertiary/aromatic N) is 1. The molecular weight excluding hydrogens is 326 g/mol. The van der Waals surface area contributed by atoms with Gasteiger partial charge >= 0.3 is 5.63 Å². The second-order valence-corrected chi connectivity index (χ2v) is 7.33. The molecule has 1 saturated carbocycles. The highest BCUT2D eigenvalue weighted by Crippen LogP contribution is 2.31. The first-order chi connectivity index (χ1) is 11.6. The number of amides is 2. The number of carbonyl (C=O) groups excluding carboxylic acids is 2. The number of hydrogen-bond acceptors (Lipinski definition) is 5. The van der Waals surface area contributed by atoms with Crippen molar-refractivity contribution in [3.8, 4) is 0 Å². The Morgan fingerprint density at radius 3 is 2.71 bits per heavy atom. The molecule has 124 valence electrons. The van der Waals surface area contributed by atoms with Gasteiger partial charge in [0.1, 0.15) is 5.76 Å². The molecule has 1 aliphatic heterocycles. The SMILES string of the molecule is O=C1Cc2oc(=O)cc(CCc3cccs3)c2C(=O)N1C1CCC1. The van der Waals surface area contributed by atoms with Crippen LogP contribution in [0.25, 0.3) is 0 Å². The Hall–Kier alpha value is -2.21. The Balaban J connectivity index is 1.69. The predicted molar refractivity (Wildman–Crippen MR) is 89.2 cm³/mol. The van der Waals surface area contributed by atoms with E-state index in [1.807, 2.05) is 17.5 Å². The summed E-state index contributed by atoms with van der Waals surface area (Å²) >= 11 is 1.65. The Kier molecular flexibility index (Phi) is 3.84. The van der Waals surface area contributed by atoms with Gasteiger partial charge in [-0.15, -0.1) is 11.3 Å². The predicted octanol–water partition coefficient (Wildman–Crippen LogP) is 2.56. The van der Waals surface area contributed by atoms with Gasteiger partial charge in [0, 0.05) is 17.0 Å². The molecular formula is C18H17NO4S. The lowest BCUT2D eigenvalue weighted by atomic mass is 9.88. The van der Waals surface area contributed by atoms with Crippen LogP contribution < -0.4 is 5.63 Å². The standard InChI is InChI=1S/C18H17NO4S/c20-15-10-14-17(18(22)19(15)12-3-1-4-12)11(9-16(21)23-14)6-7-13-5-2-8-24-13/h2,5,8-9,12H,1,3-4,6-7,10H2. The normalized spacial score (nSPS) is 17.8. The minimum atomic E-state index is -0.493. The maximum Gasteiger partial charge on any atom is 0.336 e. The first-order valence-electron chi connectivity index (χ1n) is 8.18. The van der Waals surface area contributed by atoms with E-state index in [1.54, 1.807) is 11.3 Å². The maximum atomic E-state index is 12.9. The number of fused-ring (bicyclic) bond motifs is 1. The van der Waals surface area contributed by atoms with Crippen molar-refractivity contribution in [2.24, 2.45) is 0 Å². The van der Waals surface area contributed by atoms with E-state index in [4.69, 9.17) is 4.42 Å². The van der Waals surface area contributed by atoms with Gasteiger partial charge in [0.25, 0.3) is 5.91 Å². The average Bonchev–Trinajstić information content (AvgIpc) is 2.99. The van der Waals surface area contributed by atoms with Crippen molar-refractivity contribution in [2.75, 3.05) is 0 Å². The fraction of sp³-hybridized carbons (Fsp3) is 0.389. The van der Waals surface area contributed by atoms with Crippen LogP contribution in [-0.2, 0) is 24.1 Å². The molecule has 2 aliphatic rings. The Morgan fingerprint density at radius 2 is 2.04 bits per heavy atom. The van der Waals surface area contributed by atoms with Crippen molar-refractivity contribution in [1.82, 2.24) is 4.90 Å². The summed E-state index contributed by atoms with van der Waals surface area (Å²) in [6.45, 7) is 0. The van der Waals surface area contributed by atoms with Gasteiger partial charge in [-0.05, 0) is 49.1 Å². The van der Waals surface area contributed by atoms with Gasteiger partial charge < -0.3 is 4.42 Å². The molecule has 6 heteroatoms. The molecule has 0 aromatic carbocycles. The van der Waals surface area contributed by atoms with E-state index in [0.717, 1.165) is 25.7 Å². The molecule has 24 heavy (non-hydrogen) atoms. The minimum Gasteiger partial charge on any atom is -0.426 e. The fourth-order valence-corrected chi connectivity index (χ4v) is 4.07. The van der Waals surface area contributed by atoms with Gasteiger partial charge in [-0.3, -0.25) is 14.5 Å². The molecule has 2 amide bonds. The summed E-state index contributed by atoms with van der Waals surface area (Å²) in [5.74, 6) is -0.319.